The minimum Gasteiger partial charge on any atom is -0.379 e. The van der Waals surface area contributed by atoms with Crippen molar-refractivity contribution in [2.45, 2.75) is 29.3 Å². The van der Waals surface area contributed by atoms with E-state index in [0.29, 0.717) is 13.2 Å². The summed E-state index contributed by atoms with van der Waals surface area (Å²) in [6.45, 7) is 6.37. The van der Waals surface area contributed by atoms with Crippen LogP contribution in [0.5, 0.6) is 0 Å². The molecule has 4 nitrogen and oxygen atoms in total. The Kier molecular flexibility index (Phi) is 2.78. The number of nitrogens with zero attached hydrogens (tertiary/aromatic N) is 1. The zero-order valence-electron chi connectivity index (χ0n) is 8.94. The Morgan fingerprint density at radius 3 is 2.33 bits per heavy atom. The Bertz CT molecular complexity index is 348. The van der Waals surface area contributed by atoms with Gasteiger partial charge in [-0.2, -0.15) is 0 Å². The van der Waals surface area contributed by atoms with Gasteiger partial charge in [-0.25, -0.2) is 8.42 Å². The first-order valence-electron chi connectivity index (χ1n) is 5.08. The summed E-state index contributed by atoms with van der Waals surface area (Å²) in [6, 6.07) is -0.0759. The third kappa shape index (κ3) is 1.52. The van der Waals surface area contributed by atoms with Gasteiger partial charge in [0, 0.05) is 13.1 Å². The second-order valence-corrected chi connectivity index (χ2v) is 7.97. The van der Waals surface area contributed by atoms with Gasteiger partial charge in [-0.05, 0) is 13.8 Å². The number of ether oxygens (including phenoxy) is 1. The molecule has 0 radical (unpaired) electrons. The van der Waals surface area contributed by atoms with Crippen molar-refractivity contribution >= 4 is 21.4 Å². The van der Waals surface area contributed by atoms with E-state index in [1.54, 1.807) is 13.8 Å². The maximum atomic E-state index is 11.7. The molecule has 0 aromatic rings. The summed E-state index contributed by atoms with van der Waals surface area (Å²) in [4.78, 5) is 2.13. The van der Waals surface area contributed by atoms with E-state index in [2.05, 4.69) is 4.90 Å². The van der Waals surface area contributed by atoms with Crippen LogP contribution in [0, 0.1) is 0 Å². The molecule has 0 aliphatic carbocycles. The van der Waals surface area contributed by atoms with Crippen LogP contribution in [-0.4, -0.2) is 55.1 Å². The number of sulfone groups is 1. The highest BCUT2D eigenvalue weighted by atomic mass is 35.5. The molecular formula is C9H16ClNO3S. The molecule has 2 aliphatic rings. The third-order valence-electron chi connectivity index (χ3n) is 3.43. The average molecular weight is 254 g/mol. The highest BCUT2D eigenvalue weighted by molar-refractivity contribution is 7.96. The lowest BCUT2D eigenvalue weighted by Crippen LogP contribution is -2.71. The van der Waals surface area contributed by atoms with Gasteiger partial charge in [0.25, 0.3) is 0 Å². The van der Waals surface area contributed by atoms with Crippen molar-refractivity contribution in [3.05, 3.63) is 0 Å². The average Bonchev–Trinajstić information content (AvgIpc) is 2.19. The van der Waals surface area contributed by atoms with Crippen LogP contribution in [0.1, 0.15) is 13.8 Å². The first-order valence-corrected chi connectivity index (χ1v) is 7.06. The van der Waals surface area contributed by atoms with Gasteiger partial charge in [0.2, 0.25) is 0 Å². The molecule has 2 rings (SSSR count). The molecule has 0 saturated carbocycles. The van der Waals surface area contributed by atoms with Crippen LogP contribution in [0.3, 0.4) is 0 Å². The van der Waals surface area contributed by atoms with Crippen LogP contribution in [0.25, 0.3) is 0 Å². The topological polar surface area (TPSA) is 46.6 Å². The molecule has 6 heteroatoms. The maximum absolute atomic E-state index is 11.7. The molecule has 88 valence electrons. The molecule has 2 saturated heterocycles. The molecule has 0 spiro atoms. The first-order chi connectivity index (χ1) is 6.89. The lowest BCUT2D eigenvalue weighted by molar-refractivity contribution is 0.00687. The predicted octanol–water partition coefficient (Wildman–Crippen LogP) is 0.459. The quantitative estimate of drug-likeness (QED) is 0.637. The van der Waals surface area contributed by atoms with Gasteiger partial charge in [-0.15, -0.1) is 11.6 Å². The lowest BCUT2D eigenvalue weighted by atomic mass is 10.0. The van der Waals surface area contributed by atoms with Crippen molar-refractivity contribution < 1.29 is 13.2 Å². The Labute approximate surface area is 95.4 Å². The number of alkyl halides is 1. The summed E-state index contributed by atoms with van der Waals surface area (Å²) in [5, 5.41) is 0. The van der Waals surface area contributed by atoms with Crippen molar-refractivity contribution in [3.8, 4) is 0 Å². The van der Waals surface area contributed by atoms with Gasteiger partial charge < -0.3 is 4.74 Å². The van der Waals surface area contributed by atoms with Gasteiger partial charge in [0.1, 0.15) is 0 Å². The smallest absolute Gasteiger partial charge is 0.175 e. The van der Waals surface area contributed by atoms with Crippen molar-refractivity contribution in [2.24, 2.45) is 0 Å². The molecule has 0 amide bonds. The van der Waals surface area contributed by atoms with E-state index in [0.717, 1.165) is 13.1 Å². The summed E-state index contributed by atoms with van der Waals surface area (Å²) in [5.41, 5.74) is 0. The molecule has 2 atom stereocenters. The number of halogens is 1. The predicted molar refractivity (Wildman–Crippen MR) is 58.8 cm³/mol. The van der Waals surface area contributed by atoms with Gasteiger partial charge in [0.05, 0.1) is 24.0 Å². The monoisotopic (exact) mass is 253 g/mol. The molecule has 0 aromatic heterocycles. The summed E-state index contributed by atoms with van der Waals surface area (Å²) in [7, 11) is -3.15. The molecule has 2 aliphatic heterocycles. The largest absolute Gasteiger partial charge is 0.379 e. The minimum absolute atomic E-state index is 0.0759. The summed E-state index contributed by atoms with van der Waals surface area (Å²) in [6.07, 6.45) is 0. The Hall–Kier alpha value is 0.160. The van der Waals surface area contributed by atoms with Crippen molar-refractivity contribution in [2.75, 3.05) is 26.3 Å². The summed E-state index contributed by atoms with van der Waals surface area (Å²) < 4.78 is 27.2. The standard InChI is InChI=1S/C9H16ClNO3S/c1-9(2)7(8(10)15(9,12)13)11-3-5-14-6-4-11/h7-8H,3-6H2,1-2H3/t7-,8-/m0/s1. The summed E-state index contributed by atoms with van der Waals surface area (Å²) >= 11 is 5.95. The second kappa shape index (κ2) is 3.58. The minimum atomic E-state index is -3.15. The van der Waals surface area contributed by atoms with Gasteiger partial charge in [-0.1, -0.05) is 0 Å². The van der Waals surface area contributed by atoms with Crippen LogP contribution in [0.15, 0.2) is 0 Å². The highest BCUT2D eigenvalue weighted by Gasteiger charge is 2.63. The molecule has 15 heavy (non-hydrogen) atoms. The Morgan fingerprint density at radius 1 is 1.33 bits per heavy atom. The van der Waals surface area contributed by atoms with E-state index in [1.807, 2.05) is 0 Å². The highest BCUT2D eigenvalue weighted by Crippen LogP contribution is 2.45. The van der Waals surface area contributed by atoms with Gasteiger partial charge >= 0.3 is 0 Å². The van der Waals surface area contributed by atoms with Gasteiger partial charge in [-0.3, -0.25) is 4.90 Å². The summed E-state index contributed by atoms with van der Waals surface area (Å²) in [5.74, 6) is 0. The van der Waals surface area contributed by atoms with Crippen LogP contribution in [0.2, 0.25) is 0 Å². The molecule has 0 N–H and O–H groups in total. The van der Waals surface area contributed by atoms with Crippen LogP contribution >= 0.6 is 11.6 Å². The molecule has 0 aromatic carbocycles. The van der Waals surface area contributed by atoms with Crippen molar-refractivity contribution in [1.29, 1.82) is 0 Å². The molecule has 0 bridgehead atoms. The number of rotatable bonds is 1. The number of morpholine rings is 1. The van der Waals surface area contributed by atoms with Crippen LogP contribution in [0.4, 0.5) is 0 Å². The normalized spacial score (nSPS) is 39.7. The van der Waals surface area contributed by atoms with Crippen molar-refractivity contribution in [1.82, 2.24) is 4.90 Å². The first kappa shape index (κ1) is 11.6. The molecule has 0 unspecified atom stereocenters. The third-order valence-corrected chi connectivity index (χ3v) is 6.93. The SMILES string of the molecule is CC1(C)[C@@H](N2CCOCC2)[C@@H](Cl)S1(=O)=O. The number of hydrogen-bond donors (Lipinski definition) is 0. The van der Waals surface area contributed by atoms with E-state index in [-0.39, 0.29) is 6.04 Å². The Morgan fingerprint density at radius 2 is 1.87 bits per heavy atom. The fourth-order valence-corrected chi connectivity index (χ4v) is 5.40. The van der Waals surface area contributed by atoms with E-state index < -0.39 is 19.3 Å². The zero-order valence-corrected chi connectivity index (χ0v) is 10.5. The number of hydrogen-bond acceptors (Lipinski definition) is 4. The fraction of sp³-hybridized carbons (Fsp3) is 1.00. The molecular weight excluding hydrogens is 238 g/mol. The van der Waals surface area contributed by atoms with Crippen LogP contribution < -0.4 is 0 Å². The van der Waals surface area contributed by atoms with E-state index >= 15 is 0 Å². The van der Waals surface area contributed by atoms with E-state index in [4.69, 9.17) is 16.3 Å². The van der Waals surface area contributed by atoms with Gasteiger partial charge in [0.15, 0.2) is 14.5 Å². The van der Waals surface area contributed by atoms with Crippen LogP contribution in [-0.2, 0) is 14.6 Å². The molecule has 2 fully saturated rings. The van der Waals surface area contributed by atoms with E-state index in [9.17, 15) is 8.42 Å². The fourth-order valence-electron chi connectivity index (χ4n) is 2.33. The second-order valence-electron chi connectivity index (χ2n) is 4.59. The maximum Gasteiger partial charge on any atom is 0.175 e. The molecule has 2 heterocycles. The van der Waals surface area contributed by atoms with E-state index in [1.165, 1.54) is 0 Å². The lowest BCUT2D eigenvalue weighted by Gasteiger charge is -2.53. The zero-order chi connectivity index (χ0) is 11.3. The van der Waals surface area contributed by atoms with Crippen molar-refractivity contribution in [3.63, 3.8) is 0 Å². The Balaban J connectivity index is 2.17.